The van der Waals surface area contributed by atoms with Gasteiger partial charge in [0.15, 0.2) is 6.04 Å². The van der Waals surface area contributed by atoms with Crippen molar-refractivity contribution in [2.24, 2.45) is 0 Å². The summed E-state index contributed by atoms with van der Waals surface area (Å²) < 4.78 is 5.04. The van der Waals surface area contributed by atoms with E-state index in [1.165, 1.54) is 12.1 Å². The van der Waals surface area contributed by atoms with Crippen LogP contribution in [0.2, 0.25) is 0 Å². The number of aliphatic carboxylic acids is 1. The maximum absolute atomic E-state index is 12.7. The van der Waals surface area contributed by atoms with E-state index in [1.807, 2.05) is 0 Å². The molecule has 0 aliphatic carbocycles. The van der Waals surface area contributed by atoms with Gasteiger partial charge in [0.2, 0.25) is 0 Å². The fourth-order valence-electron chi connectivity index (χ4n) is 3.47. The van der Waals surface area contributed by atoms with Crippen LogP contribution in [0.1, 0.15) is 32.7 Å². The summed E-state index contributed by atoms with van der Waals surface area (Å²) in [7, 11) is 0. The summed E-state index contributed by atoms with van der Waals surface area (Å²) >= 11 is 0. The predicted molar refractivity (Wildman–Crippen MR) is 101 cm³/mol. The van der Waals surface area contributed by atoms with Gasteiger partial charge in [-0.3, -0.25) is 24.1 Å². The van der Waals surface area contributed by atoms with Gasteiger partial charge in [0, 0.05) is 0 Å². The fourth-order valence-corrected chi connectivity index (χ4v) is 3.47. The molecule has 1 fully saturated rings. The van der Waals surface area contributed by atoms with E-state index in [0.717, 1.165) is 0 Å². The van der Waals surface area contributed by atoms with Crippen molar-refractivity contribution in [1.82, 2.24) is 9.96 Å². The summed E-state index contributed by atoms with van der Waals surface area (Å²) in [5, 5.41) is 10.0. The first-order valence-corrected chi connectivity index (χ1v) is 9.28. The smallest absolute Gasteiger partial charge is 0.441 e. The van der Waals surface area contributed by atoms with Crippen LogP contribution in [0.25, 0.3) is 0 Å². The van der Waals surface area contributed by atoms with Gasteiger partial charge in [-0.2, -0.15) is 0 Å². The number of carbonyl (C=O) groups is 5. The normalized spacial score (nSPS) is 18.8. The highest BCUT2D eigenvalue weighted by atomic mass is 16.7. The quantitative estimate of drug-likeness (QED) is 0.717. The number of amides is 4. The Morgan fingerprint density at radius 2 is 1.58 bits per heavy atom. The number of ether oxygens (including phenoxy) is 1. The highest BCUT2D eigenvalue weighted by molar-refractivity contribution is 6.22. The van der Waals surface area contributed by atoms with E-state index in [0.29, 0.717) is 15.5 Å². The van der Waals surface area contributed by atoms with Crippen LogP contribution in [-0.2, 0) is 25.8 Å². The summed E-state index contributed by atoms with van der Waals surface area (Å²) in [6, 6.07) is 12.8. The Balaban J connectivity index is 1.50. The first-order valence-electron chi connectivity index (χ1n) is 9.28. The number of rotatable bonds is 5. The zero-order valence-electron chi connectivity index (χ0n) is 16.0. The van der Waals surface area contributed by atoms with E-state index in [4.69, 9.17) is 9.57 Å². The maximum atomic E-state index is 12.7. The van der Waals surface area contributed by atoms with Crippen LogP contribution in [0.4, 0.5) is 4.79 Å². The maximum Gasteiger partial charge on any atom is 0.441 e. The topological polar surface area (TPSA) is 131 Å². The zero-order valence-corrected chi connectivity index (χ0v) is 16.0. The Bertz CT molecular complexity index is 1050. The van der Waals surface area contributed by atoms with E-state index in [-0.39, 0.29) is 17.7 Å². The molecule has 2 aliphatic rings. The van der Waals surface area contributed by atoms with Crippen molar-refractivity contribution in [3.8, 4) is 0 Å². The average Bonchev–Trinajstić information content (AvgIpc) is 3.26. The Kier molecular flexibility index (Phi) is 5.22. The molecule has 4 rings (SSSR count). The van der Waals surface area contributed by atoms with Gasteiger partial charge >= 0.3 is 12.1 Å². The van der Waals surface area contributed by atoms with E-state index >= 15 is 0 Å². The number of hydroxylamine groups is 2. The van der Waals surface area contributed by atoms with Gasteiger partial charge < -0.3 is 9.84 Å². The summed E-state index contributed by atoms with van der Waals surface area (Å²) in [4.78, 5) is 67.6. The van der Waals surface area contributed by atoms with E-state index < -0.39 is 48.4 Å². The van der Waals surface area contributed by atoms with Crippen LogP contribution in [0.15, 0.2) is 54.6 Å². The summed E-state index contributed by atoms with van der Waals surface area (Å²) in [5.74, 6) is -4.01. The number of benzene rings is 2. The van der Waals surface area contributed by atoms with E-state index in [9.17, 15) is 29.1 Å². The molecule has 2 aliphatic heterocycles. The second-order valence-corrected chi connectivity index (χ2v) is 6.89. The van der Waals surface area contributed by atoms with E-state index in [2.05, 4.69) is 0 Å². The summed E-state index contributed by atoms with van der Waals surface area (Å²) in [5.41, 5.74) is 0.790. The number of hydrogen-bond donors (Lipinski definition) is 1. The minimum absolute atomic E-state index is 0.0576. The second-order valence-electron chi connectivity index (χ2n) is 6.89. The lowest BCUT2D eigenvalue weighted by atomic mass is 10.1. The van der Waals surface area contributed by atoms with Gasteiger partial charge in [0.05, 0.1) is 17.5 Å². The van der Waals surface area contributed by atoms with Crippen LogP contribution < -0.4 is 0 Å². The third-order valence-corrected chi connectivity index (χ3v) is 4.92. The molecule has 1 saturated heterocycles. The number of nitrogens with zero attached hydrogens (tertiary/aromatic N) is 2. The standard InChI is InChI=1S/C21H16N2O8/c24-16-10-15(31-23(16)21(29)30-11-12-6-2-1-3-7-12)17(20(27)28)22-18(25)13-8-4-5-9-14(13)19(22)26/h1-9,15,17H,10-11H2,(H,27,28)/t15-,17-/m0/s1. The highest BCUT2D eigenvalue weighted by Crippen LogP contribution is 2.30. The molecule has 10 heteroatoms. The molecule has 0 bridgehead atoms. The molecular weight excluding hydrogens is 408 g/mol. The lowest BCUT2D eigenvalue weighted by molar-refractivity contribution is -0.173. The monoisotopic (exact) mass is 424 g/mol. The number of carbonyl (C=O) groups excluding carboxylic acids is 4. The Morgan fingerprint density at radius 3 is 2.16 bits per heavy atom. The largest absolute Gasteiger partial charge is 0.480 e. The summed E-state index contributed by atoms with van der Waals surface area (Å²) in [6.45, 7) is -0.127. The van der Waals surface area contributed by atoms with Crippen LogP contribution >= 0.6 is 0 Å². The first kappa shape index (κ1) is 20.2. The second kappa shape index (κ2) is 8.00. The van der Waals surface area contributed by atoms with Crippen LogP contribution in [0.3, 0.4) is 0 Å². The van der Waals surface area contributed by atoms with Crippen molar-refractivity contribution in [3.63, 3.8) is 0 Å². The fraction of sp³-hybridized carbons (Fsp3) is 0.190. The number of carboxylic acids is 1. The Labute approximate surface area is 175 Å². The van der Waals surface area contributed by atoms with Crippen LogP contribution in [0, 0.1) is 0 Å². The molecule has 2 heterocycles. The van der Waals surface area contributed by atoms with Gasteiger partial charge in [-0.1, -0.05) is 42.5 Å². The summed E-state index contributed by atoms with van der Waals surface area (Å²) in [6.07, 6.45) is -3.09. The van der Waals surface area contributed by atoms with Gasteiger partial charge in [0.25, 0.3) is 17.7 Å². The van der Waals surface area contributed by atoms with Crippen molar-refractivity contribution in [1.29, 1.82) is 0 Å². The average molecular weight is 424 g/mol. The molecule has 0 radical (unpaired) electrons. The van der Waals surface area contributed by atoms with Gasteiger partial charge in [-0.05, 0) is 17.7 Å². The Hall–Kier alpha value is -4.05. The van der Waals surface area contributed by atoms with Crippen molar-refractivity contribution >= 4 is 29.8 Å². The molecule has 2 atom stereocenters. The van der Waals surface area contributed by atoms with Gasteiger partial charge in [-0.15, -0.1) is 5.06 Å². The SMILES string of the molecule is O=C(O)[C@H]([C@@H]1CC(=O)N(C(=O)OCc2ccccc2)O1)N1C(=O)c2ccccc2C1=O. The number of hydrogen-bond acceptors (Lipinski definition) is 7. The molecule has 0 aromatic heterocycles. The molecular formula is C21H16N2O8. The van der Waals surface area contributed by atoms with E-state index in [1.54, 1.807) is 42.5 Å². The molecule has 158 valence electrons. The van der Waals surface area contributed by atoms with Crippen molar-refractivity contribution in [3.05, 3.63) is 71.3 Å². The minimum Gasteiger partial charge on any atom is -0.480 e. The molecule has 4 amide bonds. The lowest BCUT2D eigenvalue weighted by Crippen LogP contribution is -2.52. The predicted octanol–water partition coefficient (Wildman–Crippen LogP) is 1.61. The molecule has 31 heavy (non-hydrogen) atoms. The van der Waals surface area contributed by atoms with Crippen molar-refractivity contribution < 1.29 is 38.7 Å². The zero-order chi connectivity index (χ0) is 22.1. The Morgan fingerprint density at radius 1 is 1.00 bits per heavy atom. The number of fused-ring (bicyclic) bond motifs is 1. The molecule has 0 spiro atoms. The molecule has 1 N–H and O–H groups in total. The third kappa shape index (κ3) is 3.64. The van der Waals surface area contributed by atoms with Crippen molar-refractivity contribution in [2.45, 2.75) is 25.2 Å². The molecule has 2 aromatic rings. The van der Waals surface area contributed by atoms with Crippen LogP contribution in [-0.4, -0.2) is 57.0 Å². The molecule has 2 aromatic carbocycles. The molecule has 0 unspecified atom stereocenters. The molecule has 10 nitrogen and oxygen atoms in total. The number of imide groups is 2. The third-order valence-electron chi connectivity index (χ3n) is 4.92. The minimum atomic E-state index is -1.80. The number of carboxylic acid groups (broad SMARTS) is 1. The first-order chi connectivity index (χ1) is 14.9. The highest BCUT2D eigenvalue weighted by Gasteiger charge is 2.51. The molecule has 0 saturated carbocycles. The van der Waals surface area contributed by atoms with Crippen molar-refractivity contribution in [2.75, 3.05) is 0 Å². The van der Waals surface area contributed by atoms with Crippen LogP contribution in [0.5, 0.6) is 0 Å². The van der Waals surface area contributed by atoms with Gasteiger partial charge in [0.1, 0.15) is 12.7 Å². The lowest BCUT2D eigenvalue weighted by Gasteiger charge is -2.26. The van der Waals surface area contributed by atoms with Gasteiger partial charge in [-0.25, -0.2) is 9.59 Å².